The maximum Gasteiger partial charge on any atom is 0.345 e. The third kappa shape index (κ3) is 5.99. The van der Waals surface area contributed by atoms with Crippen LogP contribution in [0.5, 0.6) is 11.5 Å². The third-order valence-corrected chi connectivity index (χ3v) is 6.58. The van der Waals surface area contributed by atoms with Crippen LogP contribution in [0.1, 0.15) is 22.8 Å². The molecule has 42 heavy (non-hydrogen) atoms. The van der Waals surface area contributed by atoms with Crippen LogP contribution in [0.4, 0.5) is 5.69 Å². The Hall–Kier alpha value is -5.06. The number of hydrogen-bond acceptors (Lipinski definition) is 8. The molecule has 12 heteroatoms. The first kappa shape index (κ1) is 28.5. The van der Waals surface area contributed by atoms with Gasteiger partial charge in [0.25, 0.3) is 11.2 Å². The summed E-state index contributed by atoms with van der Waals surface area (Å²) < 4.78 is 12.4. The number of para-hydroxylation sites is 1. The van der Waals surface area contributed by atoms with Crippen molar-refractivity contribution in [3.63, 3.8) is 0 Å². The fraction of sp³-hybridized carbons (Fsp3) is 0.0667. The number of aromatic nitrogens is 2. The van der Waals surface area contributed by atoms with Gasteiger partial charge >= 0.3 is 5.97 Å². The van der Waals surface area contributed by atoms with E-state index >= 15 is 0 Å². The summed E-state index contributed by atoms with van der Waals surface area (Å²) >= 11 is 12.1. The number of fused-ring (bicyclic) bond motifs is 1. The Morgan fingerprint density at radius 3 is 2.50 bits per heavy atom. The van der Waals surface area contributed by atoms with Gasteiger partial charge in [0.15, 0.2) is 17.3 Å². The van der Waals surface area contributed by atoms with Crippen molar-refractivity contribution in [3.8, 4) is 22.9 Å². The van der Waals surface area contributed by atoms with Gasteiger partial charge in [-0.3, -0.25) is 14.9 Å². The number of hydrogen-bond donors (Lipinski definition) is 0. The summed E-state index contributed by atoms with van der Waals surface area (Å²) in [5.41, 5.74) is 1.04. The standard InChI is InChI=1S/C30H20Cl2N4O6/c1-2-41-27-15-18(7-14-26(27)42-30(38)22-13-10-20(31)16-24(22)32)17-33-35-28(19-8-11-21(12-9-19)36(39)40)34-25-6-4-3-5-23(25)29(35)37/h3-17H,2H2,1H3. The number of ether oxygens (including phenoxy) is 2. The minimum atomic E-state index is -0.694. The maximum atomic E-state index is 13.4. The molecule has 0 unspecified atom stereocenters. The first-order valence-electron chi connectivity index (χ1n) is 12.5. The number of carbonyl (C=O) groups is 1. The Morgan fingerprint density at radius 2 is 1.79 bits per heavy atom. The van der Waals surface area contributed by atoms with Crippen molar-refractivity contribution < 1.29 is 19.2 Å². The zero-order chi connectivity index (χ0) is 29.8. The summed E-state index contributed by atoms with van der Waals surface area (Å²) in [5.74, 6) is -0.0820. The molecule has 0 bridgehead atoms. The van der Waals surface area contributed by atoms with Crippen molar-refractivity contribution in [2.45, 2.75) is 6.92 Å². The van der Waals surface area contributed by atoms with Crippen LogP contribution in [-0.4, -0.2) is 33.4 Å². The molecule has 5 rings (SSSR count). The Labute approximate surface area is 248 Å². The van der Waals surface area contributed by atoms with Crippen LogP contribution >= 0.6 is 23.2 Å². The normalized spacial score (nSPS) is 11.1. The predicted octanol–water partition coefficient (Wildman–Crippen LogP) is 6.78. The van der Waals surface area contributed by atoms with Crippen molar-refractivity contribution in [1.29, 1.82) is 0 Å². The van der Waals surface area contributed by atoms with E-state index in [1.165, 1.54) is 54.7 Å². The molecule has 210 valence electrons. The van der Waals surface area contributed by atoms with Crippen LogP contribution in [0, 0.1) is 10.1 Å². The van der Waals surface area contributed by atoms with E-state index in [0.29, 0.717) is 27.1 Å². The number of nitrogens with zero attached hydrogens (tertiary/aromatic N) is 4. The van der Waals surface area contributed by atoms with Crippen LogP contribution < -0.4 is 15.0 Å². The topological polar surface area (TPSA) is 126 Å². The number of carbonyl (C=O) groups excluding carboxylic acids is 1. The van der Waals surface area contributed by atoms with E-state index in [1.54, 1.807) is 43.3 Å². The molecule has 10 nitrogen and oxygen atoms in total. The molecule has 0 spiro atoms. The highest BCUT2D eigenvalue weighted by atomic mass is 35.5. The third-order valence-electron chi connectivity index (χ3n) is 6.03. The monoisotopic (exact) mass is 602 g/mol. The largest absolute Gasteiger partial charge is 0.490 e. The maximum absolute atomic E-state index is 13.4. The Morgan fingerprint density at radius 1 is 1.02 bits per heavy atom. The van der Waals surface area contributed by atoms with Gasteiger partial charge in [-0.25, -0.2) is 9.78 Å². The summed E-state index contributed by atoms with van der Waals surface area (Å²) in [6.45, 7) is 2.06. The lowest BCUT2D eigenvalue weighted by atomic mass is 10.1. The number of nitro benzene ring substituents is 1. The second-order valence-electron chi connectivity index (χ2n) is 8.77. The molecule has 0 saturated heterocycles. The van der Waals surface area contributed by atoms with Crippen molar-refractivity contribution >= 4 is 52.0 Å². The van der Waals surface area contributed by atoms with Crippen LogP contribution in [0.3, 0.4) is 0 Å². The minimum absolute atomic E-state index is 0.0977. The molecule has 0 N–H and O–H groups in total. The van der Waals surface area contributed by atoms with Gasteiger partial charge in [0.1, 0.15) is 0 Å². The zero-order valence-corrected chi connectivity index (χ0v) is 23.4. The average Bonchev–Trinajstić information content (AvgIpc) is 2.98. The van der Waals surface area contributed by atoms with E-state index < -0.39 is 16.5 Å². The molecule has 0 aliphatic rings. The van der Waals surface area contributed by atoms with Gasteiger partial charge in [-0.2, -0.15) is 9.78 Å². The molecule has 4 aromatic carbocycles. The van der Waals surface area contributed by atoms with Gasteiger partial charge in [-0.05, 0) is 73.2 Å². The van der Waals surface area contributed by atoms with Crippen LogP contribution in [0.2, 0.25) is 10.0 Å². The van der Waals surface area contributed by atoms with E-state index in [9.17, 15) is 19.7 Å². The first-order chi connectivity index (χ1) is 20.2. The lowest BCUT2D eigenvalue weighted by Gasteiger charge is -2.12. The van der Waals surface area contributed by atoms with Crippen LogP contribution in [0.15, 0.2) is 94.8 Å². The second-order valence-corrected chi connectivity index (χ2v) is 9.61. The van der Waals surface area contributed by atoms with Crippen molar-refractivity contribution in [1.82, 2.24) is 9.66 Å². The van der Waals surface area contributed by atoms with Crippen LogP contribution in [0.25, 0.3) is 22.3 Å². The molecular weight excluding hydrogens is 583 g/mol. The molecule has 0 amide bonds. The second kappa shape index (κ2) is 12.2. The molecular formula is C30H20Cl2N4O6. The van der Waals surface area contributed by atoms with Gasteiger partial charge in [0.05, 0.1) is 39.2 Å². The number of nitro groups is 1. The first-order valence-corrected chi connectivity index (χ1v) is 13.3. The predicted molar refractivity (Wildman–Crippen MR) is 160 cm³/mol. The van der Waals surface area contributed by atoms with E-state index in [4.69, 9.17) is 32.7 Å². The molecule has 0 saturated carbocycles. The highest BCUT2D eigenvalue weighted by Gasteiger charge is 2.17. The number of esters is 1. The highest BCUT2D eigenvalue weighted by Crippen LogP contribution is 2.30. The molecule has 1 aromatic heterocycles. The fourth-order valence-corrected chi connectivity index (χ4v) is 4.53. The Kier molecular flexibility index (Phi) is 8.28. The number of halogens is 2. The SMILES string of the molecule is CCOc1cc(C=Nn2c(-c3ccc([N+](=O)[O-])cc3)nc3ccccc3c2=O)ccc1OC(=O)c1ccc(Cl)cc1Cl. The van der Waals surface area contributed by atoms with E-state index in [0.717, 1.165) is 4.68 Å². The van der Waals surface area contributed by atoms with E-state index in [1.807, 2.05) is 0 Å². The molecule has 0 aliphatic carbocycles. The number of rotatable bonds is 8. The molecule has 0 fully saturated rings. The minimum Gasteiger partial charge on any atom is -0.490 e. The van der Waals surface area contributed by atoms with Gasteiger partial charge in [0.2, 0.25) is 0 Å². The van der Waals surface area contributed by atoms with E-state index in [-0.39, 0.29) is 40.2 Å². The molecule has 0 aliphatic heterocycles. The van der Waals surface area contributed by atoms with Gasteiger partial charge < -0.3 is 9.47 Å². The van der Waals surface area contributed by atoms with E-state index in [2.05, 4.69) is 10.1 Å². The van der Waals surface area contributed by atoms with Crippen molar-refractivity contribution in [2.24, 2.45) is 5.10 Å². The van der Waals surface area contributed by atoms with Gasteiger partial charge in [-0.15, -0.1) is 0 Å². The van der Waals surface area contributed by atoms with Crippen molar-refractivity contribution in [3.05, 3.63) is 127 Å². The molecule has 5 aromatic rings. The zero-order valence-electron chi connectivity index (χ0n) is 21.9. The summed E-state index contributed by atoms with van der Waals surface area (Å²) in [6.07, 6.45) is 1.43. The highest BCUT2D eigenvalue weighted by molar-refractivity contribution is 6.36. The molecule has 1 heterocycles. The van der Waals surface area contributed by atoms with Crippen molar-refractivity contribution in [2.75, 3.05) is 6.61 Å². The Balaban J connectivity index is 1.52. The average molecular weight is 603 g/mol. The Bertz CT molecular complexity index is 1920. The smallest absolute Gasteiger partial charge is 0.345 e. The number of benzene rings is 4. The van der Waals surface area contributed by atoms with Gasteiger partial charge in [0, 0.05) is 22.7 Å². The summed E-state index contributed by atoms with van der Waals surface area (Å²) in [4.78, 5) is 41.4. The summed E-state index contributed by atoms with van der Waals surface area (Å²) in [6, 6.07) is 21.7. The molecule has 0 atom stereocenters. The summed E-state index contributed by atoms with van der Waals surface area (Å²) in [7, 11) is 0. The molecule has 0 radical (unpaired) electrons. The fourth-order valence-electron chi connectivity index (χ4n) is 4.04. The van der Waals surface area contributed by atoms with Gasteiger partial charge in [-0.1, -0.05) is 35.3 Å². The quantitative estimate of drug-likeness (QED) is 0.0629. The van der Waals surface area contributed by atoms with Crippen LogP contribution in [-0.2, 0) is 0 Å². The number of non-ortho nitro benzene ring substituents is 1. The lowest BCUT2D eigenvalue weighted by molar-refractivity contribution is -0.384. The lowest BCUT2D eigenvalue weighted by Crippen LogP contribution is -2.20. The summed E-state index contributed by atoms with van der Waals surface area (Å²) in [5, 5.41) is 16.4.